The van der Waals surface area contributed by atoms with Crippen molar-refractivity contribution >= 4 is 33.8 Å². The fourth-order valence-electron chi connectivity index (χ4n) is 4.99. The van der Waals surface area contributed by atoms with E-state index in [9.17, 15) is 4.21 Å². The predicted molar refractivity (Wildman–Crippen MR) is 146 cm³/mol. The average molecular weight is 527 g/mol. The number of ether oxygens (including phenoxy) is 2. The molecule has 2 unspecified atom stereocenters. The third-order valence-electron chi connectivity index (χ3n) is 6.89. The van der Waals surface area contributed by atoms with Crippen LogP contribution in [-0.2, 0) is 15.7 Å². The molecular weight excluding hydrogens is 492 g/mol. The monoisotopic (exact) mass is 526 g/mol. The van der Waals surface area contributed by atoms with Gasteiger partial charge in [-0.3, -0.25) is 9.71 Å². The van der Waals surface area contributed by atoms with Gasteiger partial charge in [0.2, 0.25) is 0 Å². The molecule has 9 heteroatoms. The average Bonchev–Trinajstić information content (AvgIpc) is 3.30. The van der Waals surface area contributed by atoms with E-state index in [2.05, 4.69) is 31.5 Å². The van der Waals surface area contributed by atoms with Crippen molar-refractivity contribution in [2.24, 2.45) is 0 Å². The molecule has 1 spiro atoms. The normalized spacial score (nSPS) is 20.6. The number of fused-ring (bicyclic) bond motifs is 1. The summed E-state index contributed by atoms with van der Waals surface area (Å²) in [7, 11) is 0.715. The Hall–Kier alpha value is -2.01. The maximum absolute atomic E-state index is 13.2. The van der Waals surface area contributed by atoms with Gasteiger partial charge in [0.05, 0.1) is 29.2 Å². The Labute approximate surface area is 220 Å². The van der Waals surface area contributed by atoms with Crippen LogP contribution in [0.2, 0.25) is 0 Å². The van der Waals surface area contributed by atoms with Gasteiger partial charge >= 0.3 is 0 Å². The minimum Gasteiger partial charge on any atom is -0.494 e. The number of hydrogen-bond acceptors (Lipinski definition) is 7. The van der Waals surface area contributed by atoms with Crippen LogP contribution in [0.25, 0.3) is 10.9 Å². The smallest absolute Gasteiger partial charge is 0.129 e. The van der Waals surface area contributed by atoms with Gasteiger partial charge in [-0.05, 0) is 81.6 Å². The Balaban J connectivity index is 1.03. The van der Waals surface area contributed by atoms with E-state index < -0.39 is 11.0 Å². The molecule has 2 aliphatic heterocycles. The largest absolute Gasteiger partial charge is 0.494 e. The van der Waals surface area contributed by atoms with Crippen LogP contribution in [0.3, 0.4) is 0 Å². The van der Waals surface area contributed by atoms with Gasteiger partial charge in [0.25, 0.3) is 0 Å². The zero-order valence-corrected chi connectivity index (χ0v) is 22.3. The molecule has 7 nitrogen and oxygen atoms in total. The summed E-state index contributed by atoms with van der Waals surface area (Å²) in [4.78, 5) is 6.40. The third kappa shape index (κ3) is 6.27. The summed E-state index contributed by atoms with van der Waals surface area (Å²) >= 11 is 1.58. The molecule has 2 saturated heterocycles. The van der Waals surface area contributed by atoms with Crippen molar-refractivity contribution in [2.75, 3.05) is 39.9 Å². The SMILES string of the molecule is CNSc1cccc(OCCCNC2COC3(CCN(S(=O)c4cnc5ccccc5c4)CC3)C2)c1. The lowest BCUT2D eigenvalue weighted by Gasteiger charge is -2.37. The van der Waals surface area contributed by atoms with Crippen LogP contribution in [0.15, 0.2) is 70.6 Å². The van der Waals surface area contributed by atoms with Gasteiger partial charge in [0.15, 0.2) is 0 Å². The van der Waals surface area contributed by atoms with E-state index in [1.807, 2.05) is 49.5 Å². The maximum atomic E-state index is 13.2. The number of benzene rings is 2. The van der Waals surface area contributed by atoms with Crippen LogP contribution in [0.4, 0.5) is 0 Å². The molecule has 2 aromatic carbocycles. The molecule has 5 rings (SSSR count). The number of rotatable bonds is 10. The first-order valence-electron chi connectivity index (χ1n) is 12.6. The van der Waals surface area contributed by atoms with Crippen LogP contribution >= 0.6 is 11.9 Å². The van der Waals surface area contributed by atoms with E-state index in [0.29, 0.717) is 12.6 Å². The summed E-state index contributed by atoms with van der Waals surface area (Å²) in [5.41, 5.74) is 0.834. The zero-order valence-electron chi connectivity index (χ0n) is 20.7. The van der Waals surface area contributed by atoms with Crippen LogP contribution in [0, 0.1) is 0 Å². The Morgan fingerprint density at radius 3 is 2.92 bits per heavy atom. The van der Waals surface area contributed by atoms with Gasteiger partial charge in [0.1, 0.15) is 16.7 Å². The van der Waals surface area contributed by atoms with Crippen molar-refractivity contribution in [2.45, 2.75) is 47.1 Å². The van der Waals surface area contributed by atoms with E-state index >= 15 is 0 Å². The number of hydrogen-bond donors (Lipinski definition) is 2. The van der Waals surface area contributed by atoms with Crippen molar-refractivity contribution < 1.29 is 13.7 Å². The van der Waals surface area contributed by atoms with Crippen molar-refractivity contribution in [3.63, 3.8) is 0 Å². The summed E-state index contributed by atoms with van der Waals surface area (Å²) in [6.07, 6.45) is 5.51. The van der Waals surface area contributed by atoms with Crippen LogP contribution in [0.1, 0.15) is 25.7 Å². The van der Waals surface area contributed by atoms with Gasteiger partial charge in [-0.1, -0.05) is 24.3 Å². The molecular formula is C27H34N4O3S2. The molecule has 0 bridgehead atoms. The van der Waals surface area contributed by atoms with Gasteiger partial charge in [-0.25, -0.2) is 8.51 Å². The number of para-hydroxylation sites is 1. The summed E-state index contributed by atoms with van der Waals surface area (Å²) in [5, 5.41) is 4.67. The fourth-order valence-corrected chi connectivity index (χ4v) is 6.73. The molecule has 2 fully saturated rings. The first-order valence-corrected chi connectivity index (χ1v) is 14.5. The van der Waals surface area contributed by atoms with Crippen LogP contribution < -0.4 is 14.8 Å². The van der Waals surface area contributed by atoms with E-state index in [0.717, 1.165) is 78.4 Å². The van der Waals surface area contributed by atoms with Gasteiger partial charge in [-0.2, -0.15) is 0 Å². The summed E-state index contributed by atoms with van der Waals surface area (Å²) in [6.45, 7) is 3.86. The van der Waals surface area contributed by atoms with Crippen molar-refractivity contribution in [3.8, 4) is 5.75 Å². The molecule has 0 radical (unpaired) electrons. The third-order valence-corrected chi connectivity index (χ3v) is 9.05. The highest BCUT2D eigenvalue weighted by atomic mass is 32.2. The summed E-state index contributed by atoms with van der Waals surface area (Å²) < 4.78 is 30.6. The fraction of sp³-hybridized carbons (Fsp3) is 0.444. The highest BCUT2D eigenvalue weighted by Crippen LogP contribution is 2.37. The van der Waals surface area contributed by atoms with Crippen molar-refractivity contribution in [1.82, 2.24) is 19.3 Å². The highest BCUT2D eigenvalue weighted by Gasteiger charge is 2.43. The summed E-state index contributed by atoms with van der Waals surface area (Å²) in [6, 6.07) is 18.4. The Morgan fingerprint density at radius 2 is 2.06 bits per heavy atom. The summed E-state index contributed by atoms with van der Waals surface area (Å²) in [5.74, 6) is 0.905. The molecule has 192 valence electrons. The zero-order chi connectivity index (χ0) is 24.8. The molecule has 36 heavy (non-hydrogen) atoms. The minimum absolute atomic E-state index is 0.0953. The molecule has 3 aromatic rings. The standard InChI is InChI=1S/C27H34N4O3S2/c1-28-35-24-8-4-7-23(17-24)33-15-5-12-29-22-18-27(34-20-22)10-13-31(14-11-27)36(32)25-16-21-6-2-3-9-26(21)30-19-25/h2-4,6-9,16-17,19,22,28-29H,5,10-15,18,20H2,1H3. The molecule has 2 atom stereocenters. The number of piperidine rings is 1. The molecule has 2 N–H and O–H groups in total. The maximum Gasteiger partial charge on any atom is 0.129 e. The number of nitrogens with zero attached hydrogens (tertiary/aromatic N) is 2. The molecule has 0 aliphatic carbocycles. The first-order chi connectivity index (χ1) is 17.6. The van der Waals surface area contributed by atoms with E-state index in [1.165, 1.54) is 0 Å². The van der Waals surface area contributed by atoms with Gasteiger partial charge in [-0.15, -0.1) is 0 Å². The van der Waals surface area contributed by atoms with Crippen molar-refractivity contribution in [3.05, 3.63) is 60.8 Å². The highest BCUT2D eigenvalue weighted by molar-refractivity contribution is 7.97. The van der Waals surface area contributed by atoms with Crippen molar-refractivity contribution in [1.29, 1.82) is 0 Å². The van der Waals surface area contributed by atoms with E-state index in [4.69, 9.17) is 9.47 Å². The van der Waals surface area contributed by atoms with Gasteiger partial charge < -0.3 is 14.8 Å². The first kappa shape index (κ1) is 25.6. The Bertz CT molecular complexity index is 1190. The van der Waals surface area contributed by atoms with Crippen LogP contribution in [0.5, 0.6) is 5.75 Å². The molecule has 0 saturated carbocycles. The van der Waals surface area contributed by atoms with Crippen LogP contribution in [-0.4, -0.2) is 65.0 Å². The number of aromatic nitrogens is 1. The quantitative estimate of drug-likeness (QED) is 0.303. The minimum atomic E-state index is -1.20. The lowest BCUT2D eigenvalue weighted by Crippen LogP contribution is -2.45. The predicted octanol–water partition coefficient (Wildman–Crippen LogP) is 4.17. The Kier molecular flexibility index (Phi) is 8.56. The van der Waals surface area contributed by atoms with E-state index in [-0.39, 0.29) is 5.60 Å². The second kappa shape index (κ2) is 12.0. The second-order valence-electron chi connectivity index (χ2n) is 9.37. The topological polar surface area (TPSA) is 75.7 Å². The Morgan fingerprint density at radius 1 is 1.19 bits per heavy atom. The van der Waals surface area contributed by atoms with E-state index in [1.54, 1.807) is 18.1 Å². The number of pyridine rings is 1. The lowest BCUT2D eigenvalue weighted by molar-refractivity contribution is -0.0306. The molecule has 3 heterocycles. The number of nitrogens with one attached hydrogen (secondary N) is 2. The molecule has 0 amide bonds. The van der Waals surface area contributed by atoms with Gasteiger partial charge in [0, 0.05) is 35.6 Å². The molecule has 1 aromatic heterocycles. The second-order valence-corrected chi connectivity index (χ2v) is 11.9. The molecule has 2 aliphatic rings. The lowest BCUT2D eigenvalue weighted by atomic mass is 9.88.